The van der Waals surface area contributed by atoms with Crippen LogP contribution in [-0.4, -0.2) is 42.0 Å². The molecule has 3 heterocycles. The van der Waals surface area contributed by atoms with Gasteiger partial charge in [0.15, 0.2) is 0 Å². The monoisotopic (exact) mass is 365 g/mol. The van der Waals surface area contributed by atoms with E-state index in [0.29, 0.717) is 29.4 Å². The Balaban J connectivity index is 0.00000182. The lowest BCUT2D eigenvalue weighted by Gasteiger charge is -2.39. The van der Waals surface area contributed by atoms with E-state index in [0.717, 1.165) is 32.4 Å². The Morgan fingerprint density at radius 2 is 1.92 bits per heavy atom. The number of aromatic amines is 1. The standard InChI is InChI=1S/C18H20FN3O2.ClH/c19-12-1-2-15-13(9-12)14(10-16(23)21-15)17(24)22-7-4-18(5-8-22)3-6-20-11-18;/h1-2,9-10,20H,3-8,11H2,(H,21,23);1H. The molecule has 0 atom stereocenters. The molecular formula is C18H21ClFN3O2. The van der Waals surface area contributed by atoms with Crippen LogP contribution < -0.4 is 10.9 Å². The van der Waals surface area contributed by atoms with Crippen LogP contribution in [0.3, 0.4) is 0 Å². The quantitative estimate of drug-likeness (QED) is 0.815. The molecule has 1 aromatic carbocycles. The fraction of sp³-hybridized carbons (Fsp3) is 0.444. The van der Waals surface area contributed by atoms with Crippen molar-refractivity contribution in [1.82, 2.24) is 15.2 Å². The molecule has 0 saturated carbocycles. The normalized spacial score (nSPS) is 19.2. The molecular weight excluding hydrogens is 345 g/mol. The van der Waals surface area contributed by atoms with E-state index in [9.17, 15) is 14.0 Å². The summed E-state index contributed by atoms with van der Waals surface area (Å²) in [6, 6.07) is 5.37. The van der Waals surface area contributed by atoms with Gasteiger partial charge in [0.05, 0.1) is 5.56 Å². The minimum absolute atomic E-state index is 0. The van der Waals surface area contributed by atoms with Crippen LogP contribution in [0.25, 0.3) is 10.9 Å². The number of likely N-dealkylation sites (tertiary alicyclic amines) is 1. The van der Waals surface area contributed by atoms with Gasteiger partial charge in [0.2, 0.25) is 5.56 Å². The maximum absolute atomic E-state index is 13.6. The summed E-state index contributed by atoms with van der Waals surface area (Å²) in [6.07, 6.45) is 3.11. The van der Waals surface area contributed by atoms with E-state index in [2.05, 4.69) is 10.3 Å². The largest absolute Gasteiger partial charge is 0.339 e. The smallest absolute Gasteiger partial charge is 0.254 e. The van der Waals surface area contributed by atoms with E-state index in [1.54, 1.807) is 4.90 Å². The number of H-pyrrole nitrogens is 1. The zero-order valence-corrected chi connectivity index (χ0v) is 14.6. The Morgan fingerprint density at radius 3 is 2.60 bits per heavy atom. The Kier molecular flexibility index (Phi) is 4.84. The summed E-state index contributed by atoms with van der Waals surface area (Å²) in [5, 5.41) is 3.87. The first-order valence-electron chi connectivity index (χ1n) is 8.39. The Bertz CT molecular complexity index is 851. The highest BCUT2D eigenvalue weighted by molar-refractivity contribution is 6.06. The number of aromatic nitrogens is 1. The molecule has 25 heavy (non-hydrogen) atoms. The Morgan fingerprint density at radius 1 is 1.16 bits per heavy atom. The number of hydrogen-bond acceptors (Lipinski definition) is 3. The number of halogens is 2. The van der Waals surface area contributed by atoms with Crippen LogP contribution in [0.2, 0.25) is 0 Å². The number of pyridine rings is 1. The number of benzene rings is 1. The first-order chi connectivity index (χ1) is 11.6. The van der Waals surface area contributed by atoms with E-state index >= 15 is 0 Å². The van der Waals surface area contributed by atoms with Gasteiger partial charge in [-0.15, -0.1) is 12.4 Å². The van der Waals surface area contributed by atoms with Gasteiger partial charge in [0.1, 0.15) is 5.82 Å². The second-order valence-corrected chi connectivity index (χ2v) is 6.96. The van der Waals surface area contributed by atoms with Crippen molar-refractivity contribution < 1.29 is 9.18 Å². The van der Waals surface area contributed by atoms with Crippen LogP contribution in [0.15, 0.2) is 29.1 Å². The van der Waals surface area contributed by atoms with E-state index in [1.807, 2.05) is 0 Å². The van der Waals surface area contributed by atoms with Gasteiger partial charge in [-0.2, -0.15) is 0 Å². The molecule has 2 aliphatic rings. The van der Waals surface area contributed by atoms with Crippen LogP contribution in [0.1, 0.15) is 29.6 Å². The van der Waals surface area contributed by atoms with Gasteiger partial charge in [-0.3, -0.25) is 9.59 Å². The van der Waals surface area contributed by atoms with Crippen molar-refractivity contribution in [2.75, 3.05) is 26.2 Å². The van der Waals surface area contributed by atoms with Crippen LogP contribution in [0, 0.1) is 11.2 Å². The van der Waals surface area contributed by atoms with Crippen molar-refractivity contribution in [1.29, 1.82) is 0 Å². The van der Waals surface area contributed by atoms with Gasteiger partial charge in [0, 0.05) is 36.6 Å². The molecule has 1 amide bonds. The topological polar surface area (TPSA) is 65.2 Å². The zero-order valence-electron chi connectivity index (χ0n) is 13.8. The summed E-state index contributed by atoms with van der Waals surface area (Å²) >= 11 is 0. The number of nitrogens with zero attached hydrogens (tertiary/aromatic N) is 1. The number of nitrogens with one attached hydrogen (secondary N) is 2. The molecule has 2 aromatic rings. The second kappa shape index (κ2) is 6.77. The van der Waals surface area contributed by atoms with Crippen molar-refractivity contribution in [2.24, 2.45) is 5.41 Å². The van der Waals surface area contributed by atoms with Gasteiger partial charge >= 0.3 is 0 Å². The molecule has 1 spiro atoms. The van der Waals surface area contributed by atoms with E-state index < -0.39 is 5.82 Å². The first kappa shape index (κ1) is 17.9. The van der Waals surface area contributed by atoms with E-state index in [-0.39, 0.29) is 29.4 Å². The summed E-state index contributed by atoms with van der Waals surface area (Å²) in [5.74, 6) is -0.601. The predicted octanol–water partition coefficient (Wildman–Crippen LogP) is 2.30. The van der Waals surface area contributed by atoms with Crippen LogP contribution in [0.5, 0.6) is 0 Å². The van der Waals surface area contributed by atoms with Crippen LogP contribution >= 0.6 is 12.4 Å². The van der Waals surface area contributed by atoms with Gasteiger partial charge in [0.25, 0.3) is 5.91 Å². The highest BCUT2D eigenvalue weighted by Crippen LogP contribution is 2.37. The number of amides is 1. The summed E-state index contributed by atoms with van der Waals surface area (Å²) in [4.78, 5) is 29.2. The highest BCUT2D eigenvalue weighted by Gasteiger charge is 2.38. The van der Waals surface area contributed by atoms with Crippen molar-refractivity contribution in [3.8, 4) is 0 Å². The highest BCUT2D eigenvalue weighted by atomic mass is 35.5. The third kappa shape index (κ3) is 3.28. The number of rotatable bonds is 1. The lowest BCUT2D eigenvalue weighted by atomic mass is 9.77. The van der Waals surface area contributed by atoms with Gasteiger partial charge in [-0.1, -0.05) is 0 Å². The molecule has 2 aliphatic heterocycles. The van der Waals surface area contributed by atoms with Gasteiger partial charge in [-0.05, 0) is 49.4 Å². The lowest BCUT2D eigenvalue weighted by molar-refractivity contribution is 0.0609. The summed E-state index contributed by atoms with van der Waals surface area (Å²) < 4.78 is 13.6. The Labute approximate surface area is 151 Å². The third-order valence-electron chi connectivity index (χ3n) is 5.48. The number of piperidine rings is 1. The average molecular weight is 366 g/mol. The van der Waals surface area contributed by atoms with E-state index in [1.165, 1.54) is 24.3 Å². The molecule has 1 aromatic heterocycles. The zero-order chi connectivity index (χ0) is 16.7. The summed E-state index contributed by atoms with van der Waals surface area (Å²) in [6.45, 7) is 3.44. The van der Waals surface area contributed by atoms with Crippen molar-refractivity contribution in [3.63, 3.8) is 0 Å². The maximum atomic E-state index is 13.6. The third-order valence-corrected chi connectivity index (χ3v) is 5.48. The number of carbonyl (C=O) groups excluding carboxylic acids is 1. The Hall–Kier alpha value is -1.92. The fourth-order valence-corrected chi connectivity index (χ4v) is 3.98. The average Bonchev–Trinajstić information content (AvgIpc) is 3.03. The molecule has 2 saturated heterocycles. The molecule has 2 N–H and O–H groups in total. The number of fused-ring (bicyclic) bond motifs is 1. The summed E-state index contributed by atoms with van der Waals surface area (Å²) in [7, 11) is 0. The molecule has 0 unspecified atom stereocenters. The maximum Gasteiger partial charge on any atom is 0.254 e. The van der Waals surface area contributed by atoms with Crippen LogP contribution in [0.4, 0.5) is 4.39 Å². The first-order valence-corrected chi connectivity index (χ1v) is 8.39. The van der Waals surface area contributed by atoms with Crippen molar-refractivity contribution in [2.45, 2.75) is 19.3 Å². The molecule has 5 nitrogen and oxygen atoms in total. The van der Waals surface area contributed by atoms with Crippen molar-refractivity contribution in [3.05, 3.63) is 46.0 Å². The minimum atomic E-state index is -0.418. The SMILES string of the molecule is Cl.O=C(c1cc(=O)[nH]c2ccc(F)cc12)N1CCC2(CCNC2)CC1. The van der Waals surface area contributed by atoms with E-state index in [4.69, 9.17) is 0 Å². The van der Waals surface area contributed by atoms with Crippen LogP contribution in [-0.2, 0) is 0 Å². The molecule has 2 fully saturated rings. The minimum Gasteiger partial charge on any atom is -0.339 e. The lowest BCUT2D eigenvalue weighted by Crippen LogP contribution is -2.44. The van der Waals surface area contributed by atoms with Gasteiger partial charge in [-0.25, -0.2) is 4.39 Å². The second-order valence-electron chi connectivity index (χ2n) is 6.96. The number of hydrogen-bond donors (Lipinski definition) is 2. The molecule has 0 bridgehead atoms. The fourth-order valence-electron chi connectivity index (χ4n) is 3.98. The van der Waals surface area contributed by atoms with Crippen molar-refractivity contribution >= 4 is 29.2 Å². The molecule has 0 aliphatic carbocycles. The molecule has 0 radical (unpaired) electrons. The predicted molar refractivity (Wildman–Crippen MR) is 96.8 cm³/mol. The van der Waals surface area contributed by atoms with Gasteiger partial charge < -0.3 is 15.2 Å². The summed E-state index contributed by atoms with van der Waals surface area (Å²) in [5.41, 5.74) is 0.749. The molecule has 7 heteroatoms. The number of carbonyl (C=O) groups is 1. The molecule has 134 valence electrons. The molecule has 4 rings (SSSR count).